The number of carbonyl (C=O) groups excluding carboxylic acids is 2. The van der Waals surface area contributed by atoms with Crippen molar-refractivity contribution in [2.24, 2.45) is 0 Å². The lowest BCUT2D eigenvalue weighted by atomic mass is 9.80. The van der Waals surface area contributed by atoms with Gasteiger partial charge in [-0.3, -0.25) is 18.8 Å². The molecule has 2 aliphatic heterocycles. The minimum atomic E-state index is -3.12. The molecule has 10 nitrogen and oxygen atoms in total. The van der Waals surface area contributed by atoms with Crippen molar-refractivity contribution in [2.75, 3.05) is 13.1 Å². The molecule has 0 spiro atoms. The quantitative estimate of drug-likeness (QED) is 0.134. The van der Waals surface area contributed by atoms with Crippen LogP contribution in [-0.2, 0) is 33.0 Å². The number of nitrogens with zero attached hydrogens (tertiary/aromatic N) is 2. The van der Waals surface area contributed by atoms with Crippen molar-refractivity contribution in [1.29, 1.82) is 0 Å². The molecule has 2 saturated heterocycles. The van der Waals surface area contributed by atoms with Crippen molar-refractivity contribution in [1.82, 2.24) is 30.7 Å². The van der Waals surface area contributed by atoms with Crippen LogP contribution in [0.25, 0.3) is 22.3 Å². The van der Waals surface area contributed by atoms with E-state index in [1.807, 2.05) is 18.2 Å². The number of fused-ring (bicyclic) bond motifs is 1. The second-order valence-electron chi connectivity index (χ2n) is 13.5. The van der Waals surface area contributed by atoms with E-state index in [1.165, 1.54) is 10.5 Å². The highest BCUT2D eigenvalue weighted by Gasteiger charge is 2.45. The molecule has 4 N–H and O–H groups in total. The summed E-state index contributed by atoms with van der Waals surface area (Å²) in [5.41, 5.74) is 2.74. The topological polar surface area (TPSA) is 126 Å². The molecule has 2 amide bonds. The second-order valence-corrected chi connectivity index (χ2v) is 14.3. The number of hydrogen-bond donors (Lipinski definition) is 4. The van der Waals surface area contributed by atoms with Gasteiger partial charge < -0.3 is 26.0 Å². The van der Waals surface area contributed by atoms with Gasteiger partial charge in [-0.05, 0) is 58.9 Å². The third-order valence-electron chi connectivity index (χ3n) is 9.96. The summed E-state index contributed by atoms with van der Waals surface area (Å²) in [4.78, 5) is 40.8. The number of alkyl halides is 3. The maximum absolute atomic E-state index is 14.1. The van der Waals surface area contributed by atoms with Gasteiger partial charge in [-0.25, -0.2) is 4.98 Å². The number of hydrogen-bond acceptors (Lipinski definition) is 7. The molecular formula is C39H38Cl2F2N6O4. The number of aromatic nitrogens is 2. The summed E-state index contributed by atoms with van der Waals surface area (Å²) in [5.74, 6) is 0.0917. The van der Waals surface area contributed by atoms with Gasteiger partial charge in [-0.2, -0.15) is 8.78 Å². The number of ether oxygens (including phenoxy) is 1. The Bertz CT molecular complexity index is 2140. The molecule has 4 atom stereocenters. The Morgan fingerprint density at radius 1 is 0.943 bits per heavy atom. The van der Waals surface area contributed by atoms with E-state index >= 15 is 0 Å². The van der Waals surface area contributed by atoms with Crippen molar-refractivity contribution < 1.29 is 23.1 Å². The zero-order chi connectivity index (χ0) is 37.1. The third kappa shape index (κ3) is 7.92. The highest BCUT2D eigenvalue weighted by Crippen LogP contribution is 2.47. The first-order valence-electron chi connectivity index (χ1n) is 17.5. The molecule has 7 rings (SSSR count). The van der Waals surface area contributed by atoms with Gasteiger partial charge in [0.05, 0.1) is 10.4 Å². The predicted octanol–water partition coefficient (Wildman–Crippen LogP) is 5.45. The summed E-state index contributed by atoms with van der Waals surface area (Å²) in [7, 11) is 0. The fourth-order valence-electron chi connectivity index (χ4n) is 7.17. The summed E-state index contributed by atoms with van der Waals surface area (Å²) in [6.45, 7) is -1.10. The second kappa shape index (κ2) is 15.9. The SMILES string of the molecule is O=C1CC[C@H](CNCc2ccc(C3(OC(F)F)C=CC=C(c4cccc(-c5ccn6c(=O)c(CNC[C@@H]7CCC(=O)N7)cnc6c5)c4Cl)C3Cl)cc2)N1. The number of benzene rings is 2. The van der Waals surface area contributed by atoms with Crippen LogP contribution in [0.1, 0.15) is 47.9 Å². The molecule has 2 unspecified atom stereocenters. The highest BCUT2D eigenvalue weighted by molar-refractivity contribution is 6.36. The van der Waals surface area contributed by atoms with Crippen LogP contribution in [0, 0.1) is 0 Å². The molecule has 4 aromatic rings. The largest absolute Gasteiger partial charge is 0.352 e. The number of carbonyl (C=O) groups is 2. The van der Waals surface area contributed by atoms with Gasteiger partial charge in [0.25, 0.3) is 5.56 Å². The van der Waals surface area contributed by atoms with E-state index in [9.17, 15) is 23.2 Å². The fourth-order valence-corrected chi connectivity index (χ4v) is 7.96. The molecular weight excluding hydrogens is 725 g/mol. The van der Waals surface area contributed by atoms with Crippen LogP contribution in [0.5, 0.6) is 0 Å². The van der Waals surface area contributed by atoms with Crippen LogP contribution in [0.4, 0.5) is 8.78 Å². The lowest BCUT2D eigenvalue weighted by molar-refractivity contribution is -0.193. The third-order valence-corrected chi connectivity index (χ3v) is 10.9. The Hall–Kier alpha value is -4.46. The van der Waals surface area contributed by atoms with E-state index in [1.54, 1.807) is 60.9 Å². The number of rotatable bonds is 13. The lowest BCUT2D eigenvalue weighted by Gasteiger charge is -2.38. The van der Waals surface area contributed by atoms with Crippen molar-refractivity contribution in [2.45, 2.75) is 68.4 Å². The molecule has 1 aliphatic carbocycles. The van der Waals surface area contributed by atoms with Crippen molar-refractivity contribution in [3.63, 3.8) is 0 Å². The zero-order valence-electron chi connectivity index (χ0n) is 28.6. The van der Waals surface area contributed by atoms with Crippen molar-refractivity contribution in [3.05, 3.63) is 123 Å². The van der Waals surface area contributed by atoms with Crippen LogP contribution >= 0.6 is 23.2 Å². The summed E-state index contributed by atoms with van der Waals surface area (Å²) in [5, 5.41) is 11.7. The zero-order valence-corrected chi connectivity index (χ0v) is 30.1. The minimum Gasteiger partial charge on any atom is -0.352 e. The summed E-state index contributed by atoms with van der Waals surface area (Å²) in [6.07, 6.45) is 10.7. The summed E-state index contributed by atoms with van der Waals surface area (Å²) < 4.78 is 35.0. The number of nitrogens with one attached hydrogen (secondary N) is 4. The normalized spacial score (nSPS) is 22.7. The first-order chi connectivity index (χ1) is 25.6. The van der Waals surface area contributed by atoms with Gasteiger partial charge in [0.15, 0.2) is 0 Å². The molecule has 53 heavy (non-hydrogen) atoms. The minimum absolute atomic E-state index is 0.0363. The molecule has 0 saturated carbocycles. The molecule has 3 aliphatic rings. The van der Waals surface area contributed by atoms with Crippen LogP contribution in [-0.4, -0.2) is 58.4 Å². The maximum atomic E-state index is 14.1. The van der Waals surface area contributed by atoms with E-state index in [0.29, 0.717) is 83.1 Å². The average molecular weight is 764 g/mol. The molecule has 14 heteroatoms. The Kier molecular flexibility index (Phi) is 11.0. The first kappa shape index (κ1) is 36.9. The van der Waals surface area contributed by atoms with Crippen LogP contribution in [0.15, 0.2) is 90.0 Å². The molecule has 0 radical (unpaired) electrons. The molecule has 0 bridgehead atoms. The van der Waals surface area contributed by atoms with Crippen molar-refractivity contribution >= 4 is 46.2 Å². The van der Waals surface area contributed by atoms with E-state index in [2.05, 4.69) is 26.3 Å². The highest BCUT2D eigenvalue weighted by atomic mass is 35.5. The summed E-state index contributed by atoms with van der Waals surface area (Å²) in [6, 6.07) is 16.2. The molecule has 276 valence electrons. The number of halogens is 4. The summed E-state index contributed by atoms with van der Waals surface area (Å²) >= 11 is 14.2. The number of amides is 2. The van der Waals surface area contributed by atoms with Crippen LogP contribution < -0.4 is 26.8 Å². The van der Waals surface area contributed by atoms with E-state index in [4.69, 9.17) is 27.9 Å². The standard InChI is InChI=1S/C39H38Cl2F2N6O4/c40-35-29(24-14-16-49-32(17-24)46-20-25(37(49)52)19-45-22-28-11-13-34(51)48-28)3-1-4-30(35)31-5-2-15-39(36(31)41,53-38(42)43)26-8-6-23(7-9-26)18-44-21-27-10-12-33(50)47-27/h1-9,14-17,20,27-28,36,38,44-45H,10-13,18-19,21-22H2,(H,47,50)(H,48,51)/t27-,28+,36?,39?/m1/s1. The van der Waals surface area contributed by atoms with E-state index in [0.717, 1.165) is 18.4 Å². The smallest absolute Gasteiger partial charge is 0.346 e. The monoisotopic (exact) mass is 762 g/mol. The van der Waals surface area contributed by atoms with Gasteiger partial charge >= 0.3 is 6.61 Å². The Balaban J connectivity index is 1.10. The fraction of sp³-hybridized carbons (Fsp3) is 0.333. The Labute approximate surface area is 314 Å². The lowest BCUT2D eigenvalue weighted by Crippen LogP contribution is -2.41. The van der Waals surface area contributed by atoms with Gasteiger partial charge in [-0.1, -0.05) is 66.2 Å². The van der Waals surface area contributed by atoms with Gasteiger partial charge in [0.2, 0.25) is 11.8 Å². The number of allylic oxidation sites excluding steroid dienone is 2. The van der Waals surface area contributed by atoms with Gasteiger partial charge in [0.1, 0.15) is 11.2 Å². The van der Waals surface area contributed by atoms with Crippen LogP contribution in [0.2, 0.25) is 5.02 Å². The first-order valence-corrected chi connectivity index (χ1v) is 18.3. The van der Waals surface area contributed by atoms with E-state index in [-0.39, 0.29) is 29.5 Å². The maximum Gasteiger partial charge on any atom is 0.346 e. The Morgan fingerprint density at radius 2 is 1.62 bits per heavy atom. The van der Waals surface area contributed by atoms with E-state index < -0.39 is 17.6 Å². The van der Waals surface area contributed by atoms with Gasteiger partial charge in [0, 0.05) is 74.6 Å². The van der Waals surface area contributed by atoms with Crippen LogP contribution in [0.3, 0.4) is 0 Å². The molecule has 2 aromatic carbocycles. The molecule has 2 fully saturated rings. The Morgan fingerprint density at radius 3 is 2.28 bits per heavy atom. The van der Waals surface area contributed by atoms with Gasteiger partial charge in [-0.15, -0.1) is 11.6 Å². The molecule has 4 heterocycles. The average Bonchev–Trinajstić information content (AvgIpc) is 3.77. The van der Waals surface area contributed by atoms with Crippen molar-refractivity contribution in [3.8, 4) is 11.1 Å². The molecule has 2 aromatic heterocycles. The predicted molar refractivity (Wildman–Crippen MR) is 200 cm³/mol. The number of pyridine rings is 1.